The van der Waals surface area contributed by atoms with Crippen molar-refractivity contribution in [2.45, 2.75) is 26.7 Å². The summed E-state index contributed by atoms with van der Waals surface area (Å²) in [5.74, 6) is 0. The number of nitrogens with one attached hydrogen (secondary N) is 2. The highest BCUT2D eigenvalue weighted by Gasteiger charge is 2.25. The first kappa shape index (κ1) is 24.5. The third-order valence-corrected chi connectivity index (χ3v) is 6.38. The third kappa shape index (κ3) is 6.51. The molecule has 184 valence electrons. The summed E-state index contributed by atoms with van der Waals surface area (Å²) in [7, 11) is 0. The number of benzene rings is 2. The number of nitrogens with zero attached hydrogens (tertiary/aromatic N) is 3. The van der Waals surface area contributed by atoms with E-state index in [2.05, 4.69) is 69.8 Å². The molecule has 1 saturated heterocycles. The van der Waals surface area contributed by atoms with E-state index in [0.717, 1.165) is 63.5 Å². The molecule has 1 heterocycles. The van der Waals surface area contributed by atoms with Gasteiger partial charge in [-0.1, -0.05) is 30.3 Å². The van der Waals surface area contributed by atoms with Gasteiger partial charge in [0.2, 0.25) is 0 Å². The summed E-state index contributed by atoms with van der Waals surface area (Å²) in [4.78, 5) is 16.9. The van der Waals surface area contributed by atoms with E-state index >= 15 is 0 Å². The molecular formula is C28H35N5O2. The molecule has 0 spiro atoms. The number of anilines is 2. The van der Waals surface area contributed by atoms with Crippen LogP contribution in [0.15, 0.2) is 76.5 Å². The Morgan fingerprint density at radius 1 is 1.03 bits per heavy atom. The van der Waals surface area contributed by atoms with Crippen LogP contribution in [0.4, 0.5) is 16.2 Å². The van der Waals surface area contributed by atoms with Gasteiger partial charge in [-0.2, -0.15) is 5.10 Å². The molecule has 0 saturated carbocycles. The fourth-order valence-corrected chi connectivity index (χ4v) is 4.59. The van der Waals surface area contributed by atoms with Crippen LogP contribution in [0.1, 0.15) is 32.3 Å². The lowest BCUT2D eigenvalue weighted by Crippen LogP contribution is -2.36. The van der Waals surface area contributed by atoms with E-state index in [9.17, 15) is 4.79 Å². The smallest absolute Gasteiger partial charge is 0.339 e. The predicted molar refractivity (Wildman–Crippen MR) is 144 cm³/mol. The van der Waals surface area contributed by atoms with Gasteiger partial charge in [-0.3, -0.25) is 0 Å². The van der Waals surface area contributed by atoms with Gasteiger partial charge >= 0.3 is 6.03 Å². The van der Waals surface area contributed by atoms with Gasteiger partial charge in [-0.25, -0.2) is 10.2 Å². The standard InChI is InChI=1S/C28H35N5O2/c1-3-32(4-2)26-14-10-22(11-15-26)20-23-12-13-24(27(23)33-16-18-35-19-17-33)21-29-31-28(34)30-25-8-6-5-7-9-25/h5-11,14-15,20-21H,3-4,12-13,16-19H2,1-2H3,(H2,30,31,34)/b23-20+,29-21?. The molecule has 1 aliphatic heterocycles. The van der Waals surface area contributed by atoms with Gasteiger partial charge in [0.25, 0.3) is 0 Å². The Bertz CT molecular complexity index is 1070. The van der Waals surface area contributed by atoms with Crippen LogP contribution in [0.2, 0.25) is 0 Å². The topological polar surface area (TPSA) is 69.2 Å². The number of carbonyl (C=O) groups is 1. The number of hydrazone groups is 1. The molecule has 7 heteroatoms. The maximum atomic E-state index is 12.2. The number of hydrogen-bond acceptors (Lipinski definition) is 5. The Labute approximate surface area is 208 Å². The average molecular weight is 474 g/mol. The molecule has 35 heavy (non-hydrogen) atoms. The van der Waals surface area contributed by atoms with Crippen molar-refractivity contribution in [3.63, 3.8) is 0 Å². The molecule has 7 nitrogen and oxygen atoms in total. The second kappa shape index (κ2) is 12.2. The molecule has 2 aliphatic rings. The van der Waals surface area contributed by atoms with Gasteiger partial charge in [0.1, 0.15) is 0 Å². The first-order valence-electron chi connectivity index (χ1n) is 12.4. The summed E-state index contributed by atoms with van der Waals surface area (Å²) in [5.41, 5.74) is 9.42. The second-order valence-corrected chi connectivity index (χ2v) is 8.60. The van der Waals surface area contributed by atoms with Crippen LogP contribution < -0.4 is 15.6 Å². The van der Waals surface area contributed by atoms with Gasteiger partial charge in [0.05, 0.1) is 19.4 Å². The van der Waals surface area contributed by atoms with Crippen LogP contribution in [-0.4, -0.2) is 56.5 Å². The molecule has 2 amide bonds. The maximum absolute atomic E-state index is 12.2. The fourth-order valence-electron chi connectivity index (χ4n) is 4.59. The number of morpholine rings is 1. The second-order valence-electron chi connectivity index (χ2n) is 8.60. The highest BCUT2D eigenvalue weighted by Crippen LogP contribution is 2.35. The maximum Gasteiger partial charge on any atom is 0.339 e. The number of urea groups is 1. The van der Waals surface area contributed by atoms with Crippen LogP contribution in [0.25, 0.3) is 6.08 Å². The van der Waals surface area contributed by atoms with Crippen molar-refractivity contribution in [1.82, 2.24) is 10.3 Å². The summed E-state index contributed by atoms with van der Waals surface area (Å²) in [6.45, 7) is 9.51. The molecule has 1 fully saturated rings. The lowest BCUT2D eigenvalue weighted by Gasteiger charge is -2.31. The molecule has 0 aromatic heterocycles. The first-order valence-corrected chi connectivity index (χ1v) is 12.4. The van der Waals surface area contributed by atoms with E-state index in [-0.39, 0.29) is 6.03 Å². The van der Waals surface area contributed by atoms with Crippen molar-refractivity contribution in [2.75, 3.05) is 49.6 Å². The number of hydrogen-bond donors (Lipinski definition) is 2. The number of allylic oxidation sites excluding steroid dienone is 2. The minimum atomic E-state index is -0.358. The van der Waals surface area contributed by atoms with Crippen LogP contribution in [0.5, 0.6) is 0 Å². The lowest BCUT2D eigenvalue weighted by atomic mass is 10.1. The minimum Gasteiger partial charge on any atom is -0.378 e. The van der Waals surface area contributed by atoms with E-state index in [1.165, 1.54) is 22.5 Å². The lowest BCUT2D eigenvalue weighted by molar-refractivity contribution is 0.0548. The normalized spacial score (nSPS) is 17.3. The molecule has 2 aromatic carbocycles. The number of rotatable bonds is 8. The molecule has 0 atom stereocenters. The van der Waals surface area contributed by atoms with Crippen LogP contribution >= 0.6 is 0 Å². The van der Waals surface area contributed by atoms with Crippen molar-refractivity contribution in [1.29, 1.82) is 0 Å². The van der Waals surface area contributed by atoms with Crippen molar-refractivity contribution in [3.8, 4) is 0 Å². The molecule has 0 radical (unpaired) electrons. The highest BCUT2D eigenvalue weighted by atomic mass is 16.5. The van der Waals surface area contributed by atoms with Crippen LogP contribution in [-0.2, 0) is 4.74 Å². The number of para-hydroxylation sites is 1. The molecular weight excluding hydrogens is 438 g/mol. The van der Waals surface area contributed by atoms with E-state index in [1.807, 2.05) is 30.3 Å². The molecule has 4 rings (SSSR count). The van der Waals surface area contributed by atoms with Crippen LogP contribution in [0, 0.1) is 0 Å². The van der Waals surface area contributed by atoms with Crippen molar-refractivity contribution in [2.24, 2.45) is 5.10 Å². The average Bonchev–Trinajstić information content (AvgIpc) is 3.29. The first-order chi connectivity index (χ1) is 17.2. The Morgan fingerprint density at radius 3 is 2.43 bits per heavy atom. The van der Waals surface area contributed by atoms with Gasteiger partial charge in [0.15, 0.2) is 0 Å². The van der Waals surface area contributed by atoms with E-state index in [4.69, 9.17) is 4.74 Å². The Morgan fingerprint density at radius 2 is 1.74 bits per heavy atom. The van der Waals surface area contributed by atoms with E-state index < -0.39 is 0 Å². The zero-order valence-electron chi connectivity index (χ0n) is 20.7. The van der Waals surface area contributed by atoms with E-state index in [0.29, 0.717) is 0 Å². The molecule has 0 bridgehead atoms. The number of ether oxygens (including phenoxy) is 1. The highest BCUT2D eigenvalue weighted by molar-refractivity contribution is 5.90. The van der Waals surface area contributed by atoms with Gasteiger partial charge < -0.3 is 19.9 Å². The van der Waals surface area contributed by atoms with Crippen molar-refractivity contribution >= 4 is 29.7 Å². The Hall–Kier alpha value is -3.58. The van der Waals surface area contributed by atoms with E-state index in [1.54, 1.807) is 6.21 Å². The Kier molecular flexibility index (Phi) is 8.57. The summed E-state index contributed by atoms with van der Waals surface area (Å²) in [6, 6.07) is 17.8. The largest absolute Gasteiger partial charge is 0.378 e. The SMILES string of the molecule is CCN(CC)c1ccc(/C=C2\CCC(C=NNC(=O)Nc3ccccc3)=C2N2CCOCC2)cc1. The monoisotopic (exact) mass is 473 g/mol. The number of carbonyl (C=O) groups excluding carboxylic acids is 1. The van der Waals surface area contributed by atoms with Crippen molar-refractivity contribution in [3.05, 3.63) is 77.0 Å². The molecule has 0 unspecified atom stereocenters. The van der Waals surface area contributed by atoms with Gasteiger partial charge in [0, 0.05) is 43.3 Å². The van der Waals surface area contributed by atoms with Crippen molar-refractivity contribution < 1.29 is 9.53 Å². The van der Waals surface area contributed by atoms with Crippen LogP contribution in [0.3, 0.4) is 0 Å². The Balaban J connectivity index is 1.51. The zero-order chi connectivity index (χ0) is 24.5. The predicted octanol–water partition coefficient (Wildman–Crippen LogP) is 5.10. The third-order valence-electron chi connectivity index (χ3n) is 6.38. The summed E-state index contributed by atoms with van der Waals surface area (Å²) in [5, 5.41) is 7.03. The van der Waals surface area contributed by atoms with Gasteiger partial charge in [-0.05, 0) is 73.7 Å². The summed E-state index contributed by atoms with van der Waals surface area (Å²) >= 11 is 0. The fraction of sp³-hybridized carbons (Fsp3) is 0.357. The molecule has 2 N–H and O–H groups in total. The minimum absolute atomic E-state index is 0.358. The zero-order valence-corrected chi connectivity index (χ0v) is 20.7. The quantitative estimate of drug-likeness (QED) is 0.413. The molecule has 1 aliphatic carbocycles. The molecule has 2 aromatic rings. The summed E-state index contributed by atoms with van der Waals surface area (Å²) in [6.07, 6.45) is 5.91. The summed E-state index contributed by atoms with van der Waals surface area (Å²) < 4.78 is 5.59. The van der Waals surface area contributed by atoms with Gasteiger partial charge in [-0.15, -0.1) is 0 Å². The number of amides is 2.